The van der Waals surface area contributed by atoms with Crippen molar-refractivity contribution in [2.75, 3.05) is 25.9 Å². The zero-order valence-corrected chi connectivity index (χ0v) is 12.1. The van der Waals surface area contributed by atoms with Crippen molar-refractivity contribution in [2.45, 2.75) is 13.8 Å². The highest BCUT2D eigenvalue weighted by Crippen LogP contribution is 2.26. The van der Waals surface area contributed by atoms with Crippen molar-refractivity contribution < 1.29 is 14.3 Å². The van der Waals surface area contributed by atoms with Gasteiger partial charge in [-0.05, 0) is 36.6 Å². The molecule has 1 aromatic carbocycles. The van der Waals surface area contributed by atoms with Gasteiger partial charge in [-0.15, -0.1) is 0 Å². The minimum atomic E-state index is -0.249. The predicted molar refractivity (Wildman–Crippen MR) is 76.2 cm³/mol. The Morgan fingerprint density at radius 1 is 1.35 bits per heavy atom. The van der Waals surface area contributed by atoms with E-state index in [0.717, 1.165) is 5.56 Å². The van der Waals surface area contributed by atoms with Crippen LogP contribution >= 0.6 is 0 Å². The van der Waals surface area contributed by atoms with E-state index in [9.17, 15) is 9.59 Å². The fourth-order valence-corrected chi connectivity index (χ4v) is 2.58. The van der Waals surface area contributed by atoms with Crippen LogP contribution < -0.4 is 5.73 Å². The number of amides is 1. The van der Waals surface area contributed by atoms with Crippen molar-refractivity contribution in [3.05, 3.63) is 29.3 Å². The third-order valence-corrected chi connectivity index (χ3v) is 3.92. The second-order valence-electron chi connectivity index (χ2n) is 5.39. The summed E-state index contributed by atoms with van der Waals surface area (Å²) in [6.07, 6.45) is 0. The summed E-state index contributed by atoms with van der Waals surface area (Å²) in [6, 6.07) is 5.24. The van der Waals surface area contributed by atoms with Gasteiger partial charge in [-0.1, -0.05) is 6.92 Å². The van der Waals surface area contributed by atoms with Crippen LogP contribution in [0.2, 0.25) is 0 Å². The largest absolute Gasteiger partial charge is 0.469 e. The molecular formula is C15H20N2O3. The summed E-state index contributed by atoms with van der Waals surface area (Å²) in [5, 5.41) is 0. The number of nitrogens with two attached hydrogens (primary N) is 1. The van der Waals surface area contributed by atoms with Crippen LogP contribution in [0.25, 0.3) is 0 Å². The smallest absolute Gasteiger partial charge is 0.310 e. The molecule has 2 N–H and O–H groups in total. The van der Waals surface area contributed by atoms with Crippen LogP contribution in [0.3, 0.4) is 0 Å². The van der Waals surface area contributed by atoms with E-state index in [2.05, 4.69) is 0 Å². The lowest BCUT2D eigenvalue weighted by Crippen LogP contribution is -2.30. The maximum atomic E-state index is 12.4. The van der Waals surface area contributed by atoms with Crippen molar-refractivity contribution in [2.24, 2.45) is 11.8 Å². The molecule has 0 saturated carbocycles. The predicted octanol–water partition coefficient (Wildman–Crippen LogP) is 1.46. The van der Waals surface area contributed by atoms with E-state index in [0.29, 0.717) is 24.3 Å². The Kier molecular flexibility index (Phi) is 3.97. The fourth-order valence-electron chi connectivity index (χ4n) is 2.58. The second kappa shape index (κ2) is 5.53. The minimum Gasteiger partial charge on any atom is -0.469 e. The number of benzene rings is 1. The van der Waals surface area contributed by atoms with E-state index in [1.807, 2.05) is 13.8 Å². The molecular weight excluding hydrogens is 256 g/mol. The maximum Gasteiger partial charge on any atom is 0.310 e. The molecule has 108 valence electrons. The first-order valence-corrected chi connectivity index (χ1v) is 6.67. The first-order chi connectivity index (χ1) is 9.43. The molecule has 1 saturated heterocycles. The number of methoxy groups -OCH3 is 1. The van der Waals surface area contributed by atoms with Gasteiger partial charge in [0.2, 0.25) is 0 Å². The van der Waals surface area contributed by atoms with Crippen LogP contribution in [0.4, 0.5) is 5.69 Å². The molecule has 20 heavy (non-hydrogen) atoms. The van der Waals surface area contributed by atoms with E-state index >= 15 is 0 Å². The molecule has 0 bridgehead atoms. The zero-order chi connectivity index (χ0) is 14.9. The first-order valence-electron chi connectivity index (χ1n) is 6.67. The van der Waals surface area contributed by atoms with Gasteiger partial charge in [-0.3, -0.25) is 9.59 Å². The number of nitrogen functional groups attached to an aromatic ring is 1. The Morgan fingerprint density at radius 3 is 2.65 bits per heavy atom. The van der Waals surface area contributed by atoms with Gasteiger partial charge in [-0.2, -0.15) is 0 Å². The molecule has 1 amide bonds. The van der Waals surface area contributed by atoms with Gasteiger partial charge < -0.3 is 15.4 Å². The van der Waals surface area contributed by atoms with E-state index in [-0.39, 0.29) is 23.7 Å². The normalized spacial score (nSPS) is 21.9. The molecule has 2 unspecified atom stereocenters. The van der Waals surface area contributed by atoms with Crippen molar-refractivity contribution in [3.8, 4) is 0 Å². The number of esters is 1. The Labute approximate surface area is 118 Å². The third kappa shape index (κ3) is 2.61. The first kappa shape index (κ1) is 14.4. The summed E-state index contributed by atoms with van der Waals surface area (Å²) in [4.78, 5) is 25.8. The van der Waals surface area contributed by atoms with Crippen molar-refractivity contribution in [1.82, 2.24) is 4.90 Å². The van der Waals surface area contributed by atoms with Gasteiger partial charge in [0, 0.05) is 24.3 Å². The van der Waals surface area contributed by atoms with Crippen LogP contribution in [0.5, 0.6) is 0 Å². The minimum absolute atomic E-state index is 0.0636. The summed E-state index contributed by atoms with van der Waals surface area (Å²) in [7, 11) is 1.38. The summed E-state index contributed by atoms with van der Waals surface area (Å²) < 4.78 is 4.78. The highest BCUT2D eigenvalue weighted by Gasteiger charge is 2.37. The highest BCUT2D eigenvalue weighted by atomic mass is 16.5. The molecule has 0 radical (unpaired) electrons. The molecule has 0 aliphatic carbocycles. The number of carbonyl (C=O) groups is 2. The Balaban J connectivity index is 2.14. The quantitative estimate of drug-likeness (QED) is 0.655. The number of hydrogen-bond donors (Lipinski definition) is 1. The standard InChI is InChI=1S/C15H20N2O3/c1-9-6-11(4-5-13(9)16)14(18)17-7-10(2)12(8-17)15(19)20-3/h4-6,10,12H,7-8,16H2,1-3H3. The lowest BCUT2D eigenvalue weighted by Gasteiger charge is -2.16. The molecule has 5 heteroatoms. The Bertz CT molecular complexity index is 542. The van der Waals surface area contributed by atoms with Gasteiger partial charge in [0.15, 0.2) is 0 Å². The molecule has 0 spiro atoms. The SMILES string of the molecule is COC(=O)C1CN(C(=O)c2ccc(N)c(C)c2)CC1C. The summed E-state index contributed by atoms with van der Waals surface area (Å²) in [5.74, 6) is -0.437. The van der Waals surface area contributed by atoms with E-state index in [1.165, 1.54) is 7.11 Å². The van der Waals surface area contributed by atoms with E-state index in [4.69, 9.17) is 10.5 Å². The second-order valence-corrected chi connectivity index (χ2v) is 5.39. The molecule has 2 rings (SSSR count). The number of aryl methyl sites for hydroxylation is 1. The summed E-state index contributed by atoms with van der Waals surface area (Å²) >= 11 is 0. The fraction of sp³-hybridized carbons (Fsp3) is 0.467. The topological polar surface area (TPSA) is 72.6 Å². The van der Waals surface area contributed by atoms with Gasteiger partial charge >= 0.3 is 5.97 Å². The molecule has 1 heterocycles. The van der Waals surface area contributed by atoms with Gasteiger partial charge in [0.1, 0.15) is 0 Å². The van der Waals surface area contributed by atoms with Crippen LogP contribution in [0, 0.1) is 18.8 Å². The number of nitrogens with zero attached hydrogens (tertiary/aromatic N) is 1. The molecule has 5 nitrogen and oxygen atoms in total. The molecule has 1 aliphatic heterocycles. The van der Waals surface area contributed by atoms with Crippen LogP contribution in [0.1, 0.15) is 22.8 Å². The molecule has 1 fully saturated rings. The van der Waals surface area contributed by atoms with Crippen molar-refractivity contribution in [3.63, 3.8) is 0 Å². The third-order valence-electron chi connectivity index (χ3n) is 3.92. The number of rotatable bonds is 2. The highest BCUT2D eigenvalue weighted by molar-refractivity contribution is 5.95. The number of ether oxygens (including phenoxy) is 1. The van der Waals surface area contributed by atoms with Gasteiger partial charge in [0.05, 0.1) is 13.0 Å². The number of likely N-dealkylation sites (tertiary alicyclic amines) is 1. The molecule has 1 aliphatic rings. The Hall–Kier alpha value is -2.04. The van der Waals surface area contributed by atoms with Gasteiger partial charge in [0.25, 0.3) is 5.91 Å². The monoisotopic (exact) mass is 276 g/mol. The van der Waals surface area contributed by atoms with Crippen LogP contribution in [-0.4, -0.2) is 37.0 Å². The van der Waals surface area contributed by atoms with Crippen molar-refractivity contribution >= 4 is 17.6 Å². The maximum absolute atomic E-state index is 12.4. The van der Waals surface area contributed by atoms with Crippen molar-refractivity contribution in [1.29, 1.82) is 0 Å². The van der Waals surface area contributed by atoms with Gasteiger partial charge in [-0.25, -0.2) is 0 Å². The Morgan fingerprint density at radius 2 is 2.05 bits per heavy atom. The zero-order valence-electron chi connectivity index (χ0n) is 12.1. The lowest BCUT2D eigenvalue weighted by atomic mass is 9.99. The number of anilines is 1. The molecule has 0 aromatic heterocycles. The molecule has 2 atom stereocenters. The number of carbonyl (C=O) groups excluding carboxylic acids is 2. The lowest BCUT2D eigenvalue weighted by molar-refractivity contribution is -0.146. The van der Waals surface area contributed by atoms with Crippen LogP contribution in [0.15, 0.2) is 18.2 Å². The van der Waals surface area contributed by atoms with E-state index < -0.39 is 0 Å². The average Bonchev–Trinajstić information content (AvgIpc) is 2.82. The average molecular weight is 276 g/mol. The van der Waals surface area contributed by atoms with E-state index in [1.54, 1.807) is 23.1 Å². The summed E-state index contributed by atoms with van der Waals surface area (Å²) in [5.41, 5.74) is 7.92. The molecule has 1 aromatic rings. The van der Waals surface area contributed by atoms with Crippen LogP contribution in [-0.2, 0) is 9.53 Å². The number of hydrogen-bond acceptors (Lipinski definition) is 4. The summed E-state index contributed by atoms with van der Waals surface area (Å²) in [6.45, 7) is 4.82.